The van der Waals surface area contributed by atoms with E-state index in [2.05, 4.69) is 23.2 Å². The highest BCUT2D eigenvalue weighted by atomic mass is 35.5. The first-order valence-electron chi connectivity index (χ1n) is 9.94. The molecule has 4 nitrogen and oxygen atoms in total. The number of aromatic nitrogens is 3. The Morgan fingerprint density at radius 3 is 2.29 bits per heavy atom. The summed E-state index contributed by atoms with van der Waals surface area (Å²) in [5.41, 5.74) is 5.92. The Bertz CT molecular complexity index is 1230. The van der Waals surface area contributed by atoms with Crippen molar-refractivity contribution in [2.75, 3.05) is 5.75 Å². The van der Waals surface area contributed by atoms with Crippen LogP contribution in [0.5, 0.6) is 0 Å². The van der Waals surface area contributed by atoms with Gasteiger partial charge in [0.25, 0.3) is 0 Å². The fourth-order valence-electron chi connectivity index (χ4n) is 3.43. The van der Waals surface area contributed by atoms with Gasteiger partial charge in [-0.05, 0) is 67.8 Å². The van der Waals surface area contributed by atoms with E-state index in [1.165, 1.54) is 17.3 Å². The van der Waals surface area contributed by atoms with Crippen molar-refractivity contribution in [3.05, 3.63) is 94.0 Å². The Morgan fingerprint density at radius 2 is 1.58 bits per heavy atom. The highest BCUT2D eigenvalue weighted by Crippen LogP contribution is 2.29. The second-order valence-electron chi connectivity index (χ2n) is 7.45. The van der Waals surface area contributed by atoms with Gasteiger partial charge in [0.05, 0.1) is 5.75 Å². The number of ketones is 1. The lowest BCUT2D eigenvalue weighted by atomic mass is 9.99. The van der Waals surface area contributed by atoms with Crippen LogP contribution >= 0.6 is 23.4 Å². The predicted octanol–water partition coefficient (Wildman–Crippen LogP) is 6.49. The van der Waals surface area contributed by atoms with Gasteiger partial charge in [-0.15, -0.1) is 10.2 Å². The average molecular weight is 448 g/mol. The first-order valence-corrected chi connectivity index (χ1v) is 11.3. The highest BCUT2D eigenvalue weighted by Gasteiger charge is 2.18. The topological polar surface area (TPSA) is 47.8 Å². The third kappa shape index (κ3) is 4.58. The maximum absolute atomic E-state index is 13.0. The van der Waals surface area contributed by atoms with Crippen molar-refractivity contribution < 1.29 is 4.79 Å². The van der Waals surface area contributed by atoms with Gasteiger partial charge in [-0.3, -0.25) is 9.36 Å². The number of aryl methyl sites for hydroxylation is 3. The third-order valence-corrected chi connectivity index (χ3v) is 6.40. The number of Topliss-reactive ketones (excluding diaryl/α,β-unsaturated/α-hetero) is 1. The molecule has 0 fully saturated rings. The van der Waals surface area contributed by atoms with Gasteiger partial charge in [0.2, 0.25) is 0 Å². The molecule has 31 heavy (non-hydrogen) atoms. The summed E-state index contributed by atoms with van der Waals surface area (Å²) in [6.07, 6.45) is 0. The van der Waals surface area contributed by atoms with Crippen molar-refractivity contribution in [3.8, 4) is 17.1 Å². The maximum atomic E-state index is 13.0. The summed E-state index contributed by atoms with van der Waals surface area (Å²) in [6, 6.07) is 21.5. The van der Waals surface area contributed by atoms with E-state index in [1.807, 2.05) is 79.1 Å². The molecule has 0 amide bonds. The maximum Gasteiger partial charge on any atom is 0.196 e. The zero-order valence-electron chi connectivity index (χ0n) is 17.6. The van der Waals surface area contributed by atoms with E-state index in [0.29, 0.717) is 10.2 Å². The van der Waals surface area contributed by atoms with Crippen LogP contribution < -0.4 is 0 Å². The molecule has 0 saturated heterocycles. The van der Waals surface area contributed by atoms with Crippen LogP contribution in [0.25, 0.3) is 17.1 Å². The molecular weight excluding hydrogens is 426 g/mol. The Kier molecular flexibility index (Phi) is 6.25. The lowest BCUT2D eigenvalue weighted by Crippen LogP contribution is -2.07. The van der Waals surface area contributed by atoms with E-state index in [-0.39, 0.29) is 11.5 Å². The Morgan fingerprint density at radius 1 is 0.903 bits per heavy atom. The molecule has 1 heterocycles. The van der Waals surface area contributed by atoms with Gasteiger partial charge in [-0.2, -0.15) is 0 Å². The molecule has 4 rings (SSSR count). The summed E-state index contributed by atoms with van der Waals surface area (Å²) >= 11 is 7.48. The lowest BCUT2D eigenvalue weighted by molar-refractivity contribution is 0.102. The minimum Gasteiger partial charge on any atom is -0.293 e. The second-order valence-corrected chi connectivity index (χ2v) is 8.83. The van der Waals surface area contributed by atoms with E-state index < -0.39 is 0 Å². The lowest BCUT2D eigenvalue weighted by Gasteiger charge is -2.11. The van der Waals surface area contributed by atoms with Crippen molar-refractivity contribution in [2.24, 2.45) is 0 Å². The third-order valence-electron chi connectivity index (χ3n) is 5.22. The molecule has 4 aromatic rings. The molecule has 0 N–H and O–H groups in total. The minimum absolute atomic E-state index is 0.0810. The molecule has 1 aromatic heterocycles. The molecule has 6 heteroatoms. The van der Waals surface area contributed by atoms with Crippen molar-refractivity contribution in [3.63, 3.8) is 0 Å². The zero-order valence-corrected chi connectivity index (χ0v) is 19.2. The average Bonchev–Trinajstić information content (AvgIpc) is 3.19. The normalized spacial score (nSPS) is 11.0. The number of hydrogen-bond acceptors (Lipinski definition) is 4. The Hall–Kier alpha value is -2.89. The van der Waals surface area contributed by atoms with Crippen molar-refractivity contribution >= 4 is 29.1 Å². The van der Waals surface area contributed by atoms with Crippen LogP contribution in [0.1, 0.15) is 27.0 Å². The van der Waals surface area contributed by atoms with Crippen molar-refractivity contribution in [1.29, 1.82) is 0 Å². The van der Waals surface area contributed by atoms with E-state index in [0.717, 1.165) is 33.8 Å². The fraction of sp³-hybridized carbons (Fsp3) is 0.160. The van der Waals surface area contributed by atoms with Gasteiger partial charge in [-0.1, -0.05) is 59.8 Å². The summed E-state index contributed by atoms with van der Waals surface area (Å²) in [4.78, 5) is 13.0. The fourth-order valence-corrected chi connectivity index (χ4v) is 4.39. The van der Waals surface area contributed by atoms with E-state index in [9.17, 15) is 4.79 Å². The summed E-state index contributed by atoms with van der Waals surface area (Å²) in [5.74, 6) is 1.09. The summed E-state index contributed by atoms with van der Waals surface area (Å²) < 4.78 is 1.97. The van der Waals surface area contributed by atoms with Gasteiger partial charge in [0, 0.05) is 21.8 Å². The molecule has 0 atom stereocenters. The van der Waals surface area contributed by atoms with Gasteiger partial charge >= 0.3 is 0 Å². The zero-order chi connectivity index (χ0) is 22.0. The van der Waals surface area contributed by atoms with Crippen LogP contribution in [-0.4, -0.2) is 26.3 Å². The summed E-state index contributed by atoms with van der Waals surface area (Å²) in [6.45, 7) is 6.07. The van der Waals surface area contributed by atoms with Crippen LogP contribution in [0.4, 0.5) is 0 Å². The smallest absolute Gasteiger partial charge is 0.196 e. The van der Waals surface area contributed by atoms with Crippen LogP contribution in [0.15, 0.2) is 71.9 Å². The van der Waals surface area contributed by atoms with Crippen molar-refractivity contribution in [1.82, 2.24) is 14.8 Å². The van der Waals surface area contributed by atoms with Crippen LogP contribution in [-0.2, 0) is 0 Å². The number of thioether (sulfide) groups is 1. The van der Waals surface area contributed by atoms with Gasteiger partial charge in [0.1, 0.15) is 0 Å². The number of carbonyl (C=O) groups is 1. The molecule has 0 bridgehead atoms. The second kappa shape index (κ2) is 9.08. The number of nitrogens with zero attached hydrogens (tertiary/aromatic N) is 3. The predicted molar refractivity (Wildman–Crippen MR) is 128 cm³/mol. The summed E-state index contributed by atoms with van der Waals surface area (Å²) in [5, 5.41) is 10.2. The molecule has 0 unspecified atom stereocenters. The number of carbonyl (C=O) groups excluding carboxylic acids is 1. The number of benzene rings is 3. The highest BCUT2D eigenvalue weighted by molar-refractivity contribution is 7.99. The van der Waals surface area contributed by atoms with E-state index in [4.69, 9.17) is 11.6 Å². The standard InChI is InChI=1S/C25H22ClN3OS/c1-16-13-18(3)22(14-17(16)2)23(30)15-31-25-28-27-24(19-7-5-4-6-8-19)29(25)21-11-9-20(26)10-12-21/h4-14H,15H2,1-3H3. The number of hydrogen-bond donors (Lipinski definition) is 0. The molecule has 0 saturated carbocycles. The largest absolute Gasteiger partial charge is 0.293 e. The SMILES string of the molecule is Cc1cc(C)c(C(=O)CSc2nnc(-c3ccccc3)n2-c2ccc(Cl)cc2)cc1C. The molecule has 0 radical (unpaired) electrons. The van der Waals surface area contributed by atoms with Crippen LogP contribution in [0.2, 0.25) is 5.02 Å². The van der Waals surface area contributed by atoms with Gasteiger partial charge < -0.3 is 0 Å². The number of rotatable bonds is 6. The van der Waals surface area contributed by atoms with Crippen LogP contribution in [0, 0.1) is 20.8 Å². The minimum atomic E-state index is 0.0810. The van der Waals surface area contributed by atoms with E-state index in [1.54, 1.807) is 0 Å². The first kappa shape index (κ1) is 21.3. The quantitative estimate of drug-likeness (QED) is 0.250. The molecule has 3 aromatic carbocycles. The Labute approximate surface area is 191 Å². The van der Waals surface area contributed by atoms with Crippen molar-refractivity contribution in [2.45, 2.75) is 25.9 Å². The van der Waals surface area contributed by atoms with Gasteiger partial charge in [0.15, 0.2) is 16.8 Å². The monoisotopic (exact) mass is 447 g/mol. The molecule has 0 aliphatic carbocycles. The number of halogens is 1. The summed E-state index contributed by atoms with van der Waals surface area (Å²) in [7, 11) is 0. The molecular formula is C25H22ClN3OS. The molecule has 0 aliphatic heterocycles. The molecule has 0 spiro atoms. The van der Waals surface area contributed by atoms with Gasteiger partial charge in [-0.25, -0.2) is 0 Å². The first-order chi connectivity index (χ1) is 14.9. The Balaban J connectivity index is 1.67. The molecule has 156 valence electrons. The molecule has 0 aliphatic rings. The van der Waals surface area contributed by atoms with E-state index >= 15 is 0 Å². The van der Waals surface area contributed by atoms with Crippen LogP contribution in [0.3, 0.4) is 0 Å².